The van der Waals surface area contributed by atoms with E-state index in [4.69, 9.17) is 0 Å². The number of sulfonamides is 1. The van der Waals surface area contributed by atoms with E-state index >= 15 is 0 Å². The van der Waals surface area contributed by atoms with Gasteiger partial charge in [0.25, 0.3) is 0 Å². The van der Waals surface area contributed by atoms with Crippen LogP contribution in [-0.4, -0.2) is 25.8 Å². The summed E-state index contributed by atoms with van der Waals surface area (Å²) in [4.78, 5) is 0. The number of hydrogen-bond acceptors (Lipinski definition) is 4. The lowest BCUT2D eigenvalue weighted by molar-refractivity contribution is 0.0632. The topological polar surface area (TPSA) is 66.4 Å². The molecule has 0 saturated carbocycles. The molecule has 2 N–H and O–H groups in total. The number of rotatable bonds is 7. The molecule has 1 heterocycles. The molecule has 18 heavy (non-hydrogen) atoms. The van der Waals surface area contributed by atoms with Gasteiger partial charge in [0, 0.05) is 6.54 Å². The van der Waals surface area contributed by atoms with Gasteiger partial charge in [0.1, 0.15) is 5.60 Å². The van der Waals surface area contributed by atoms with Crippen LogP contribution in [0.1, 0.15) is 32.8 Å². The summed E-state index contributed by atoms with van der Waals surface area (Å²) in [5.74, 6) is 0.219. The summed E-state index contributed by atoms with van der Waals surface area (Å²) in [6.07, 6.45) is 0.821. The van der Waals surface area contributed by atoms with Crippen molar-refractivity contribution in [3.05, 3.63) is 22.4 Å². The van der Waals surface area contributed by atoms with E-state index in [9.17, 15) is 13.5 Å². The smallest absolute Gasteiger partial charge is 0.211 e. The zero-order chi connectivity index (χ0) is 13.8. The van der Waals surface area contributed by atoms with Crippen LogP contribution in [0.3, 0.4) is 0 Å². The molecule has 0 aliphatic rings. The fraction of sp³-hybridized carbons (Fsp3) is 0.667. The maximum absolute atomic E-state index is 11.8. The molecule has 0 radical (unpaired) electrons. The number of aliphatic hydroxyl groups is 1. The van der Waals surface area contributed by atoms with Crippen LogP contribution in [0.5, 0.6) is 0 Å². The maximum atomic E-state index is 11.8. The monoisotopic (exact) mass is 291 g/mol. The van der Waals surface area contributed by atoms with Crippen molar-refractivity contribution >= 4 is 21.4 Å². The van der Waals surface area contributed by atoms with Gasteiger partial charge in [0.2, 0.25) is 10.0 Å². The minimum Gasteiger partial charge on any atom is -0.384 e. The molecule has 6 heteroatoms. The zero-order valence-electron chi connectivity index (χ0n) is 11.0. The summed E-state index contributed by atoms with van der Waals surface area (Å²) in [5.41, 5.74) is -0.429. The lowest BCUT2D eigenvalue weighted by Crippen LogP contribution is -2.40. The second-order valence-corrected chi connectivity index (χ2v) is 7.53. The highest BCUT2D eigenvalue weighted by Crippen LogP contribution is 2.22. The van der Waals surface area contributed by atoms with Crippen molar-refractivity contribution in [1.29, 1.82) is 0 Å². The molecule has 104 valence electrons. The molecule has 0 aliphatic heterocycles. The average molecular weight is 291 g/mol. The van der Waals surface area contributed by atoms with Crippen LogP contribution < -0.4 is 4.72 Å². The molecule has 1 rings (SSSR count). The molecule has 0 amide bonds. The van der Waals surface area contributed by atoms with Gasteiger partial charge in [-0.1, -0.05) is 20.3 Å². The van der Waals surface area contributed by atoms with Crippen LogP contribution in [0.15, 0.2) is 16.8 Å². The molecular formula is C12H21NO3S2. The normalized spacial score (nSPS) is 17.3. The molecule has 2 unspecified atom stereocenters. The molecule has 0 saturated heterocycles. The maximum Gasteiger partial charge on any atom is 0.211 e. The van der Waals surface area contributed by atoms with Crippen LogP contribution in [0.25, 0.3) is 0 Å². The van der Waals surface area contributed by atoms with E-state index < -0.39 is 15.6 Å². The molecule has 1 aromatic heterocycles. The Balaban J connectivity index is 2.59. The first-order valence-electron chi connectivity index (χ1n) is 5.99. The zero-order valence-corrected chi connectivity index (χ0v) is 12.6. The van der Waals surface area contributed by atoms with Gasteiger partial charge in [-0.2, -0.15) is 11.3 Å². The van der Waals surface area contributed by atoms with Gasteiger partial charge in [-0.05, 0) is 35.2 Å². The summed E-state index contributed by atoms with van der Waals surface area (Å²) >= 11 is 1.48. The minimum absolute atomic E-state index is 0.00248. The van der Waals surface area contributed by atoms with Crippen molar-refractivity contribution in [2.45, 2.75) is 32.8 Å². The van der Waals surface area contributed by atoms with Gasteiger partial charge >= 0.3 is 0 Å². The number of hydrogen-bond donors (Lipinski definition) is 2. The standard InChI is InChI=1S/C12H21NO3S2/c1-4-10(2)8-18(15,16)13-9-12(3,14)11-5-6-17-7-11/h5-7,10,13-14H,4,8-9H2,1-3H3. The Morgan fingerprint density at radius 3 is 2.72 bits per heavy atom. The van der Waals surface area contributed by atoms with Crippen molar-refractivity contribution in [3.63, 3.8) is 0 Å². The van der Waals surface area contributed by atoms with Crippen LogP contribution in [-0.2, 0) is 15.6 Å². The largest absolute Gasteiger partial charge is 0.384 e. The molecule has 0 bridgehead atoms. The molecule has 0 spiro atoms. The van der Waals surface area contributed by atoms with E-state index in [0.717, 1.165) is 12.0 Å². The quantitative estimate of drug-likeness (QED) is 0.806. The van der Waals surface area contributed by atoms with Gasteiger partial charge in [-0.25, -0.2) is 13.1 Å². The Morgan fingerprint density at radius 1 is 1.56 bits per heavy atom. The van der Waals surface area contributed by atoms with E-state index in [1.54, 1.807) is 13.0 Å². The third-order valence-electron chi connectivity index (χ3n) is 2.98. The molecule has 0 aliphatic carbocycles. The summed E-state index contributed by atoms with van der Waals surface area (Å²) < 4.78 is 26.1. The highest BCUT2D eigenvalue weighted by Gasteiger charge is 2.26. The van der Waals surface area contributed by atoms with Gasteiger partial charge in [-0.15, -0.1) is 0 Å². The van der Waals surface area contributed by atoms with Crippen LogP contribution in [0.4, 0.5) is 0 Å². The lowest BCUT2D eigenvalue weighted by atomic mass is 10.0. The van der Waals surface area contributed by atoms with Crippen molar-refractivity contribution < 1.29 is 13.5 Å². The Bertz CT molecular complexity index is 452. The summed E-state index contributed by atoms with van der Waals surface area (Å²) in [5, 5.41) is 13.9. The molecule has 2 atom stereocenters. The number of thiophene rings is 1. The molecular weight excluding hydrogens is 270 g/mol. The van der Waals surface area contributed by atoms with Gasteiger partial charge in [-0.3, -0.25) is 0 Å². The van der Waals surface area contributed by atoms with E-state index in [-0.39, 0.29) is 18.2 Å². The average Bonchev–Trinajstić information content (AvgIpc) is 2.80. The van der Waals surface area contributed by atoms with Crippen LogP contribution in [0, 0.1) is 5.92 Å². The Labute approximate surface area is 113 Å². The molecule has 0 fully saturated rings. The van der Waals surface area contributed by atoms with Crippen molar-refractivity contribution in [1.82, 2.24) is 4.72 Å². The van der Waals surface area contributed by atoms with E-state index in [1.165, 1.54) is 11.3 Å². The molecule has 0 aromatic carbocycles. The van der Waals surface area contributed by atoms with Gasteiger partial charge in [0.05, 0.1) is 5.75 Å². The number of nitrogens with one attached hydrogen (secondary N) is 1. The predicted octanol–water partition coefficient (Wildman–Crippen LogP) is 1.92. The van der Waals surface area contributed by atoms with Crippen molar-refractivity contribution in [3.8, 4) is 0 Å². The highest BCUT2D eigenvalue weighted by atomic mass is 32.2. The second-order valence-electron chi connectivity index (χ2n) is 4.90. The second kappa shape index (κ2) is 6.14. The Morgan fingerprint density at radius 2 is 2.22 bits per heavy atom. The fourth-order valence-electron chi connectivity index (χ4n) is 1.47. The Kier molecular flexibility index (Phi) is 5.33. The predicted molar refractivity (Wildman–Crippen MR) is 75.1 cm³/mol. The Hall–Kier alpha value is -0.430. The van der Waals surface area contributed by atoms with Gasteiger partial charge in [0.15, 0.2) is 0 Å². The minimum atomic E-state index is -3.32. The van der Waals surface area contributed by atoms with Gasteiger partial charge < -0.3 is 5.11 Å². The SMILES string of the molecule is CCC(C)CS(=O)(=O)NCC(C)(O)c1ccsc1. The fourth-order valence-corrected chi connectivity index (χ4v) is 3.86. The molecule has 4 nitrogen and oxygen atoms in total. The third-order valence-corrected chi connectivity index (χ3v) is 5.26. The highest BCUT2D eigenvalue weighted by molar-refractivity contribution is 7.89. The van der Waals surface area contributed by atoms with Crippen molar-refractivity contribution in [2.75, 3.05) is 12.3 Å². The summed E-state index contributed by atoms with van der Waals surface area (Å²) in [6.45, 7) is 5.47. The first-order valence-corrected chi connectivity index (χ1v) is 8.58. The first-order chi connectivity index (χ1) is 8.27. The lowest BCUT2D eigenvalue weighted by Gasteiger charge is -2.23. The van der Waals surface area contributed by atoms with Crippen LogP contribution >= 0.6 is 11.3 Å². The summed E-state index contributed by atoms with van der Waals surface area (Å²) in [6, 6.07) is 1.80. The third kappa shape index (κ3) is 4.68. The van der Waals surface area contributed by atoms with E-state index in [2.05, 4.69) is 4.72 Å². The first kappa shape index (κ1) is 15.6. The molecule has 1 aromatic rings. The van der Waals surface area contributed by atoms with Crippen LogP contribution in [0.2, 0.25) is 0 Å². The van der Waals surface area contributed by atoms with E-state index in [0.29, 0.717) is 0 Å². The summed E-state index contributed by atoms with van der Waals surface area (Å²) in [7, 11) is -3.32. The van der Waals surface area contributed by atoms with E-state index in [1.807, 2.05) is 24.6 Å². The van der Waals surface area contributed by atoms with Crippen molar-refractivity contribution in [2.24, 2.45) is 5.92 Å².